The second kappa shape index (κ2) is 17.8. The fraction of sp³-hybridized carbons (Fsp3) is 0.0164. The first-order valence-corrected chi connectivity index (χ1v) is 21.6. The van der Waals surface area contributed by atoms with Crippen molar-refractivity contribution in [3.05, 3.63) is 267 Å². The normalized spacial score (nSPS) is 13.3. The highest BCUT2D eigenvalue weighted by molar-refractivity contribution is 5.86. The number of hydrogen-bond donors (Lipinski definition) is 0. The summed E-state index contributed by atoms with van der Waals surface area (Å²) < 4.78 is 0. The Hall–Kier alpha value is -8.20. The number of rotatable bonds is 9. The molecule has 1 heterocycles. The molecule has 0 aromatic heterocycles. The van der Waals surface area contributed by atoms with Crippen molar-refractivity contribution in [1.29, 1.82) is 0 Å². The van der Waals surface area contributed by atoms with Crippen LogP contribution in [0.5, 0.6) is 0 Å². The van der Waals surface area contributed by atoms with Crippen LogP contribution in [0.2, 0.25) is 0 Å². The minimum atomic E-state index is 0.772. The van der Waals surface area contributed by atoms with E-state index in [4.69, 9.17) is 0 Å². The van der Waals surface area contributed by atoms with Crippen LogP contribution in [-0.4, -0.2) is 6.54 Å². The van der Waals surface area contributed by atoms with Crippen LogP contribution in [0.1, 0.15) is 5.56 Å². The largest absolute Gasteiger partial charge is 0.337 e. The fourth-order valence-corrected chi connectivity index (χ4v) is 8.54. The zero-order valence-corrected chi connectivity index (χ0v) is 35.1. The van der Waals surface area contributed by atoms with E-state index < -0.39 is 0 Å². The van der Waals surface area contributed by atoms with Gasteiger partial charge in [0, 0.05) is 40.5 Å². The lowest BCUT2D eigenvalue weighted by Crippen LogP contribution is -2.18. The third-order valence-corrected chi connectivity index (χ3v) is 11.9. The first-order valence-electron chi connectivity index (χ1n) is 21.6. The summed E-state index contributed by atoms with van der Waals surface area (Å²) in [5.41, 5.74) is 19.6. The molecule has 0 aliphatic carbocycles. The van der Waals surface area contributed by atoms with E-state index in [-0.39, 0.29) is 0 Å². The van der Waals surface area contributed by atoms with Gasteiger partial charge >= 0.3 is 0 Å². The molecule has 0 spiro atoms. The fourth-order valence-electron chi connectivity index (χ4n) is 8.54. The molecule has 0 atom stereocenters. The van der Waals surface area contributed by atoms with Gasteiger partial charge in [0.05, 0.1) is 0 Å². The van der Waals surface area contributed by atoms with Gasteiger partial charge in [-0.05, 0) is 122 Å². The van der Waals surface area contributed by atoms with Crippen LogP contribution in [0.3, 0.4) is 0 Å². The highest BCUT2D eigenvalue weighted by atomic mass is 15.1. The zero-order chi connectivity index (χ0) is 42.4. The van der Waals surface area contributed by atoms with Crippen molar-refractivity contribution >= 4 is 34.0 Å². The van der Waals surface area contributed by atoms with Gasteiger partial charge in [-0.25, -0.2) is 0 Å². The molecule has 2 heteroatoms. The molecule has 1 aliphatic rings. The van der Waals surface area contributed by atoms with Crippen LogP contribution in [0.4, 0.5) is 28.4 Å². The molecule has 1 aliphatic heterocycles. The zero-order valence-electron chi connectivity index (χ0n) is 35.1. The summed E-state index contributed by atoms with van der Waals surface area (Å²) in [6.45, 7) is 5.11. The Morgan fingerprint density at radius 2 is 0.778 bits per heavy atom. The Kier molecular flexibility index (Phi) is 11.0. The Labute approximate surface area is 371 Å². The van der Waals surface area contributed by atoms with Crippen molar-refractivity contribution < 1.29 is 0 Å². The van der Waals surface area contributed by atoms with Gasteiger partial charge in [-0.3, -0.25) is 0 Å². The van der Waals surface area contributed by atoms with Crippen molar-refractivity contribution in [2.45, 2.75) is 0 Å². The van der Waals surface area contributed by atoms with E-state index in [9.17, 15) is 0 Å². The van der Waals surface area contributed by atoms with Crippen molar-refractivity contribution in [3.8, 4) is 55.6 Å². The number of anilines is 5. The summed E-state index contributed by atoms with van der Waals surface area (Å²) in [4.78, 5) is 4.70. The monoisotopic (exact) mass is 806 g/mol. The van der Waals surface area contributed by atoms with E-state index >= 15 is 0 Å². The van der Waals surface area contributed by atoms with Crippen molar-refractivity contribution in [2.75, 3.05) is 16.3 Å². The lowest BCUT2D eigenvalue weighted by Gasteiger charge is -2.26. The maximum absolute atomic E-state index is 4.33. The molecule has 0 unspecified atom stereocenters. The van der Waals surface area contributed by atoms with Gasteiger partial charge in [-0.15, -0.1) is 0 Å². The number of benzene rings is 9. The van der Waals surface area contributed by atoms with E-state index in [0.717, 1.165) is 51.7 Å². The molecule has 9 aromatic rings. The molecule has 9 aromatic carbocycles. The van der Waals surface area contributed by atoms with E-state index in [1.165, 1.54) is 50.1 Å². The first kappa shape index (κ1) is 39.0. The summed E-state index contributed by atoms with van der Waals surface area (Å²) >= 11 is 0. The SMILES string of the molecule is C=C1/C=C\C=C/CN(c2ccc(-c3cccc(-c4ccc(-c5cccc(N(c6ccc(-c7ccccc7)cc6)c6ccc(-c7ccccc7)cc6)c5)cc4)c3)cc2)c2ccccc21. The quantitative estimate of drug-likeness (QED) is 0.143. The lowest BCUT2D eigenvalue weighted by atomic mass is 9.96. The van der Waals surface area contributed by atoms with E-state index in [1.54, 1.807) is 0 Å². The van der Waals surface area contributed by atoms with Gasteiger partial charge in [0.15, 0.2) is 0 Å². The van der Waals surface area contributed by atoms with Gasteiger partial charge < -0.3 is 9.80 Å². The topological polar surface area (TPSA) is 6.48 Å². The van der Waals surface area contributed by atoms with Crippen molar-refractivity contribution in [1.82, 2.24) is 0 Å². The number of nitrogens with zero attached hydrogens (tertiary/aromatic N) is 2. The highest BCUT2D eigenvalue weighted by Gasteiger charge is 2.16. The summed E-state index contributed by atoms with van der Waals surface area (Å²) in [6.07, 6.45) is 8.44. The number of fused-ring (bicyclic) bond motifs is 1. The minimum absolute atomic E-state index is 0.772. The van der Waals surface area contributed by atoms with E-state index in [2.05, 4.69) is 271 Å². The minimum Gasteiger partial charge on any atom is -0.337 e. The second-order valence-corrected chi connectivity index (χ2v) is 15.9. The third kappa shape index (κ3) is 8.44. The van der Waals surface area contributed by atoms with E-state index in [0.29, 0.717) is 0 Å². The Bertz CT molecular complexity index is 2970. The smallest absolute Gasteiger partial charge is 0.0493 e. The molecule has 300 valence electrons. The lowest BCUT2D eigenvalue weighted by molar-refractivity contribution is 1.09. The van der Waals surface area contributed by atoms with Crippen LogP contribution < -0.4 is 9.80 Å². The molecular weight excluding hydrogens is 761 g/mol. The standard InChI is InChI=1S/C61H46N2/c1-45-15-5-4-12-42-62(61-25-11-10-24-60(45)61)56-36-30-52(31-37-56)54-21-13-20-53(43-54)50-26-28-51(29-27-50)55-22-14-23-59(44-55)63(57-38-32-48(33-39-57)46-16-6-2-7-17-46)58-40-34-49(35-41-58)47-18-8-3-9-19-47/h2-41,43-44H,1,42H2/b12-4-,15-5-. The van der Waals surface area contributed by atoms with Gasteiger partial charge in [0.2, 0.25) is 0 Å². The Balaban J connectivity index is 0.916. The second-order valence-electron chi connectivity index (χ2n) is 15.9. The van der Waals surface area contributed by atoms with Crippen LogP contribution in [0.15, 0.2) is 261 Å². The predicted molar refractivity (Wildman–Crippen MR) is 269 cm³/mol. The molecule has 0 fully saturated rings. The van der Waals surface area contributed by atoms with Crippen LogP contribution in [0, 0.1) is 0 Å². The number of para-hydroxylation sites is 1. The average Bonchev–Trinajstić information content (AvgIpc) is 3.44. The van der Waals surface area contributed by atoms with E-state index in [1.807, 2.05) is 0 Å². The summed E-state index contributed by atoms with van der Waals surface area (Å²) in [7, 11) is 0. The molecule has 10 rings (SSSR count). The molecule has 2 nitrogen and oxygen atoms in total. The molecule has 0 saturated heterocycles. The molecule has 63 heavy (non-hydrogen) atoms. The maximum atomic E-state index is 4.33. The first-order chi connectivity index (χ1) is 31.1. The molecular formula is C61H46N2. The molecule has 0 bridgehead atoms. The predicted octanol–water partition coefficient (Wildman–Crippen LogP) is 16.8. The van der Waals surface area contributed by atoms with Crippen LogP contribution >= 0.6 is 0 Å². The third-order valence-electron chi connectivity index (χ3n) is 11.9. The summed E-state index contributed by atoms with van der Waals surface area (Å²) in [5.74, 6) is 0. The summed E-state index contributed by atoms with van der Waals surface area (Å²) in [6, 6.07) is 83.0. The van der Waals surface area contributed by atoms with Gasteiger partial charge in [-0.1, -0.05) is 201 Å². The molecule has 0 radical (unpaired) electrons. The van der Waals surface area contributed by atoms with Crippen molar-refractivity contribution in [3.63, 3.8) is 0 Å². The average molecular weight is 807 g/mol. The van der Waals surface area contributed by atoms with Gasteiger partial charge in [0.25, 0.3) is 0 Å². The Morgan fingerprint density at radius 1 is 0.349 bits per heavy atom. The molecule has 0 saturated carbocycles. The van der Waals surface area contributed by atoms with Crippen LogP contribution in [0.25, 0.3) is 61.2 Å². The van der Waals surface area contributed by atoms with Crippen molar-refractivity contribution in [2.24, 2.45) is 0 Å². The molecule has 0 amide bonds. The number of hydrogen-bond acceptors (Lipinski definition) is 2. The molecule has 0 N–H and O–H groups in total. The maximum Gasteiger partial charge on any atom is 0.0493 e. The van der Waals surface area contributed by atoms with Gasteiger partial charge in [0.1, 0.15) is 0 Å². The van der Waals surface area contributed by atoms with Gasteiger partial charge in [-0.2, -0.15) is 0 Å². The number of allylic oxidation sites excluding steroid dienone is 4. The summed E-state index contributed by atoms with van der Waals surface area (Å²) in [5, 5.41) is 0. The highest BCUT2D eigenvalue weighted by Crippen LogP contribution is 2.40. The Morgan fingerprint density at radius 3 is 1.35 bits per heavy atom. The van der Waals surface area contributed by atoms with Crippen LogP contribution in [-0.2, 0) is 0 Å².